The molecule has 12 heavy (non-hydrogen) atoms. The van der Waals surface area contributed by atoms with Gasteiger partial charge in [0.15, 0.2) is 0 Å². The molecule has 2 N–H and O–H groups in total. The lowest BCUT2D eigenvalue weighted by Crippen LogP contribution is -2.20. The highest BCUT2D eigenvalue weighted by molar-refractivity contribution is 4.98. The van der Waals surface area contributed by atoms with Crippen LogP contribution < -0.4 is 5.32 Å². The van der Waals surface area contributed by atoms with Crippen LogP contribution in [0.1, 0.15) is 38.4 Å². The van der Waals surface area contributed by atoms with Crippen LogP contribution in [0.3, 0.4) is 0 Å². The lowest BCUT2D eigenvalue weighted by atomic mass is 10.1. The van der Waals surface area contributed by atoms with Crippen molar-refractivity contribution in [3.63, 3.8) is 0 Å². The Kier molecular flexibility index (Phi) is 3.73. The summed E-state index contributed by atoms with van der Waals surface area (Å²) in [6, 6.07) is 0.360. The van der Waals surface area contributed by atoms with Crippen molar-refractivity contribution < 1.29 is 0 Å². The van der Waals surface area contributed by atoms with Crippen LogP contribution in [0, 0.1) is 0 Å². The van der Waals surface area contributed by atoms with Gasteiger partial charge in [-0.1, -0.05) is 20.3 Å². The molecular formula is C8H16N4. The highest BCUT2D eigenvalue weighted by Gasteiger charge is 2.10. The Balaban J connectivity index is 2.53. The van der Waals surface area contributed by atoms with Crippen LogP contribution in [0.5, 0.6) is 0 Å². The van der Waals surface area contributed by atoms with Crippen molar-refractivity contribution in [1.82, 2.24) is 20.7 Å². The molecule has 0 aromatic carbocycles. The number of hydrogen-bond donors (Lipinski definition) is 2. The molecule has 0 saturated carbocycles. The van der Waals surface area contributed by atoms with E-state index in [-0.39, 0.29) is 0 Å². The van der Waals surface area contributed by atoms with E-state index < -0.39 is 0 Å². The van der Waals surface area contributed by atoms with Gasteiger partial charge in [-0.3, -0.25) is 0 Å². The van der Waals surface area contributed by atoms with E-state index in [0.29, 0.717) is 6.04 Å². The summed E-state index contributed by atoms with van der Waals surface area (Å²) in [5.74, 6) is 0. The summed E-state index contributed by atoms with van der Waals surface area (Å²) in [6.07, 6.45) is 4.05. The summed E-state index contributed by atoms with van der Waals surface area (Å²) in [6.45, 7) is 5.24. The Morgan fingerprint density at radius 1 is 1.58 bits per heavy atom. The Morgan fingerprint density at radius 3 is 2.92 bits per heavy atom. The van der Waals surface area contributed by atoms with Gasteiger partial charge < -0.3 is 5.32 Å². The Morgan fingerprint density at radius 2 is 2.42 bits per heavy atom. The van der Waals surface area contributed by atoms with Crippen LogP contribution in [0.15, 0.2) is 6.20 Å². The molecule has 0 amide bonds. The summed E-state index contributed by atoms with van der Waals surface area (Å²) in [7, 11) is 0. The second-order valence-electron chi connectivity index (χ2n) is 2.79. The zero-order chi connectivity index (χ0) is 8.81. The fraction of sp³-hybridized carbons (Fsp3) is 0.750. The van der Waals surface area contributed by atoms with Gasteiger partial charge in [0.05, 0.1) is 17.9 Å². The lowest BCUT2D eigenvalue weighted by Gasteiger charge is -2.13. The molecule has 0 bridgehead atoms. The minimum atomic E-state index is 0.360. The van der Waals surface area contributed by atoms with Gasteiger partial charge in [-0.05, 0) is 13.0 Å². The number of rotatable bonds is 5. The van der Waals surface area contributed by atoms with E-state index in [1.54, 1.807) is 6.20 Å². The van der Waals surface area contributed by atoms with Gasteiger partial charge in [0, 0.05) is 0 Å². The molecule has 1 rings (SSSR count). The quantitative estimate of drug-likeness (QED) is 0.695. The molecule has 68 valence electrons. The summed E-state index contributed by atoms with van der Waals surface area (Å²) in [5.41, 5.74) is 1.01. The molecule has 4 nitrogen and oxygen atoms in total. The van der Waals surface area contributed by atoms with Crippen molar-refractivity contribution in [2.75, 3.05) is 6.54 Å². The van der Waals surface area contributed by atoms with Crippen LogP contribution in [0.2, 0.25) is 0 Å². The molecule has 0 aliphatic carbocycles. The van der Waals surface area contributed by atoms with Gasteiger partial charge in [-0.2, -0.15) is 15.4 Å². The van der Waals surface area contributed by atoms with Crippen molar-refractivity contribution in [2.24, 2.45) is 0 Å². The van der Waals surface area contributed by atoms with Crippen molar-refractivity contribution in [3.8, 4) is 0 Å². The maximum absolute atomic E-state index is 4.06. The van der Waals surface area contributed by atoms with E-state index >= 15 is 0 Å². The first-order chi connectivity index (χ1) is 5.88. The summed E-state index contributed by atoms with van der Waals surface area (Å²) < 4.78 is 0. The fourth-order valence-corrected chi connectivity index (χ4v) is 1.27. The number of nitrogens with zero attached hydrogens (tertiary/aromatic N) is 2. The smallest absolute Gasteiger partial charge is 0.0993 e. The first-order valence-electron chi connectivity index (χ1n) is 4.47. The maximum Gasteiger partial charge on any atom is 0.0993 e. The maximum atomic E-state index is 4.06. The van der Waals surface area contributed by atoms with Crippen LogP contribution >= 0.6 is 0 Å². The normalized spacial score (nSPS) is 13.2. The van der Waals surface area contributed by atoms with Crippen LogP contribution in [0.25, 0.3) is 0 Å². The Bertz CT molecular complexity index is 189. The molecule has 0 radical (unpaired) electrons. The van der Waals surface area contributed by atoms with Crippen LogP contribution in [0.4, 0.5) is 0 Å². The molecule has 0 spiro atoms. The van der Waals surface area contributed by atoms with Crippen molar-refractivity contribution in [3.05, 3.63) is 11.9 Å². The predicted octanol–water partition coefficient (Wildman–Crippen LogP) is 1.26. The third-order valence-corrected chi connectivity index (χ3v) is 1.82. The fourth-order valence-electron chi connectivity index (χ4n) is 1.27. The van der Waals surface area contributed by atoms with Crippen molar-refractivity contribution in [2.45, 2.75) is 32.7 Å². The van der Waals surface area contributed by atoms with E-state index in [0.717, 1.165) is 25.1 Å². The average Bonchev–Trinajstić information content (AvgIpc) is 2.56. The monoisotopic (exact) mass is 168 g/mol. The second-order valence-corrected chi connectivity index (χ2v) is 2.79. The van der Waals surface area contributed by atoms with Gasteiger partial charge in [0.25, 0.3) is 0 Å². The molecule has 1 aromatic heterocycles. The van der Waals surface area contributed by atoms with E-state index in [2.05, 4.69) is 34.6 Å². The summed E-state index contributed by atoms with van der Waals surface area (Å²) in [4.78, 5) is 0. The molecule has 0 fully saturated rings. The highest BCUT2D eigenvalue weighted by Crippen LogP contribution is 2.13. The number of nitrogens with one attached hydrogen (secondary N) is 2. The molecule has 4 heteroatoms. The van der Waals surface area contributed by atoms with E-state index in [9.17, 15) is 0 Å². The molecule has 0 saturated heterocycles. The zero-order valence-corrected chi connectivity index (χ0v) is 7.67. The van der Waals surface area contributed by atoms with E-state index in [4.69, 9.17) is 0 Å². The molecule has 1 unspecified atom stereocenters. The number of H-pyrrole nitrogens is 1. The molecular weight excluding hydrogens is 152 g/mol. The standard InChI is InChI=1S/C8H16N4/c1-3-5-7(9-4-2)8-6-10-12-11-8/h6-7,9H,3-5H2,1-2H3,(H,10,11,12). The van der Waals surface area contributed by atoms with Gasteiger partial charge in [-0.25, -0.2) is 0 Å². The molecule has 0 aliphatic rings. The van der Waals surface area contributed by atoms with Gasteiger partial charge in [0.2, 0.25) is 0 Å². The van der Waals surface area contributed by atoms with Crippen molar-refractivity contribution >= 4 is 0 Å². The third-order valence-electron chi connectivity index (χ3n) is 1.82. The largest absolute Gasteiger partial charge is 0.309 e. The van der Waals surface area contributed by atoms with E-state index in [1.165, 1.54) is 0 Å². The summed E-state index contributed by atoms with van der Waals surface area (Å²) in [5, 5.41) is 13.8. The molecule has 0 aliphatic heterocycles. The minimum Gasteiger partial charge on any atom is -0.309 e. The third kappa shape index (κ3) is 2.30. The van der Waals surface area contributed by atoms with E-state index in [1.807, 2.05) is 0 Å². The SMILES string of the molecule is CCCC(NCC)c1cn[nH]n1. The lowest BCUT2D eigenvalue weighted by molar-refractivity contribution is 0.497. The van der Waals surface area contributed by atoms with Gasteiger partial charge in [0.1, 0.15) is 0 Å². The van der Waals surface area contributed by atoms with Crippen LogP contribution in [-0.4, -0.2) is 22.0 Å². The van der Waals surface area contributed by atoms with Crippen molar-refractivity contribution in [1.29, 1.82) is 0 Å². The number of aromatic nitrogens is 3. The van der Waals surface area contributed by atoms with Gasteiger partial charge >= 0.3 is 0 Å². The highest BCUT2D eigenvalue weighted by atomic mass is 15.3. The molecule has 1 atom stereocenters. The van der Waals surface area contributed by atoms with Crippen LogP contribution in [-0.2, 0) is 0 Å². The first kappa shape index (κ1) is 9.19. The summed E-state index contributed by atoms with van der Waals surface area (Å²) >= 11 is 0. The minimum absolute atomic E-state index is 0.360. The molecule has 1 heterocycles. The average molecular weight is 168 g/mol. The number of hydrogen-bond acceptors (Lipinski definition) is 3. The second kappa shape index (κ2) is 4.87. The zero-order valence-electron chi connectivity index (χ0n) is 7.67. The Labute approximate surface area is 72.8 Å². The Hall–Kier alpha value is -0.900. The first-order valence-corrected chi connectivity index (χ1v) is 4.47. The number of aromatic amines is 1. The van der Waals surface area contributed by atoms with Gasteiger partial charge in [-0.15, -0.1) is 0 Å². The molecule has 1 aromatic rings. The predicted molar refractivity (Wildman–Crippen MR) is 47.7 cm³/mol. The topological polar surface area (TPSA) is 53.6 Å².